The topological polar surface area (TPSA) is 58.9 Å². The normalized spacial score (nSPS) is 30.0. The quantitative estimate of drug-likeness (QED) is 0.720. The number of hydrogen-bond acceptors (Lipinski definition) is 4. The number of ether oxygens (including phenoxy) is 2. The lowest BCUT2D eigenvalue weighted by atomic mass is 9.95. The van der Waals surface area contributed by atoms with Crippen molar-refractivity contribution in [3.05, 3.63) is 0 Å². The molecule has 0 spiro atoms. The first-order valence-electron chi connectivity index (χ1n) is 6.19. The Labute approximate surface area is 97.6 Å². The van der Waals surface area contributed by atoms with Crippen LogP contribution >= 0.6 is 0 Å². The summed E-state index contributed by atoms with van der Waals surface area (Å²) in [4.78, 5) is 0. The van der Waals surface area contributed by atoms with Gasteiger partial charge in [-0.3, -0.25) is 0 Å². The highest BCUT2D eigenvalue weighted by Crippen LogP contribution is 2.21. The van der Waals surface area contributed by atoms with Crippen LogP contribution in [0.5, 0.6) is 0 Å². The van der Waals surface area contributed by atoms with E-state index >= 15 is 0 Å². The van der Waals surface area contributed by atoms with Crippen LogP contribution in [0.2, 0.25) is 0 Å². The fourth-order valence-corrected chi connectivity index (χ4v) is 2.01. The van der Waals surface area contributed by atoms with Gasteiger partial charge in [0.25, 0.3) is 0 Å². The molecule has 96 valence electrons. The zero-order valence-corrected chi connectivity index (χ0v) is 10.3. The molecular weight excluding hydrogens is 208 g/mol. The summed E-state index contributed by atoms with van der Waals surface area (Å²) in [6, 6.07) is 0. The molecule has 1 fully saturated rings. The molecule has 0 amide bonds. The van der Waals surface area contributed by atoms with E-state index in [-0.39, 0.29) is 31.0 Å². The highest BCUT2D eigenvalue weighted by atomic mass is 16.6. The Morgan fingerprint density at radius 2 is 1.88 bits per heavy atom. The van der Waals surface area contributed by atoms with E-state index in [0.29, 0.717) is 6.61 Å². The zero-order valence-electron chi connectivity index (χ0n) is 10.3. The average Bonchev–Trinajstić information content (AvgIpc) is 2.28. The van der Waals surface area contributed by atoms with Gasteiger partial charge >= 0.3 is 0 Å². The second-order valence-corrected chi connectivity index (χ2v) is 4.66. The van der Waals surface area contributed by atoms with Gasteiger partial charge in [-0.2, -0.15) is 0 Å². The Kier molecular flexibility index (Phi) is 6.28. The van der Waals surface area contributed by atoms with Crippen molar-refractivity contribution in [1.29, 1.82) is 0 Å². The number of aliphatic hydroxyl groups is 2. The fraction of sp³-hybridized carbons (Fsp3) is 1.00. The van der Waals surface area contributed by atoms with Crippen LogP contribution in [0, 0.1) is 0 Å². The molecule has 0 bridgehead atoms. The van der Waals surface area contributed by atoms with Gasteiger partial charge in [0.05, 0.1) is 37.6 Å². The maximum absolute atomic E-state index is 9.70. The Morgan fingerprint density at radius 1 is 1.19 bits per heavy atom. The van der Waals surface area contributed by atoms with E-state index in [1.54, 1.807) is 0 Å². The second kappa shape index (κ2) is 7.22. The Bertz CT molecular complexity index is 186. The summed E-state index contributed by atoms with van der Waals surface area (Å²) in [6.45, 7) is 4.25. The lowest BCUT2D eigenvalue weighted by molar-refractivity contribution is -0.108. The van der Waals surface area contributed by atoms with Crippen LogP contribution in [-0.4, -0.2) is 47.8 Å². The van der Waals surface area contributed by atoms with Crippen molar-refractivity contribution in [2.24, 2.45) is 0 Å². The van der Waals surface area contributed by atoms with Crippen molar-refractivity contribution in [1.82, 2.24) is 0 Å². The molecule has 0 radical (unpaired) electrons. The molecule has 0 aromatic carbocycles. The van der Waals surface area contributed by atoms with E-state index in [2.05, 4.69) is 0 Å². The van der Waals surface area contributed by atoms with Crippen LogP contribution in [0.3, 0.4) is 0 Å². The van der Waals surface area contributed by atoms with Crippen molar-refractivity contribution in [3.8, 4) is 0 Å². The number of rotatable bonds is 6. The summed E-state index contributed by atoms with van der Waals surface area (Å²) in [5.41, 5.74) is 0. The first-order valence-corrected chi connectivity index (χ1v) is 6.19. The molecule has 0 aromatic heterocycles. The van der Waals surface area contributed by atoms with Crippen LogP contribution in [0.25, 0.3) is 0 Å². The summed E-state index contributed by atoms with van der Waals surface area (Å²) in [6.07, 6.45) is 3.43. The zero-order chi connectivity index (χ0) is 12.0. The average molecular weight is 232 g/mol. The summed E-state index contributed by atoms with van der Waals surface area (Å²) in [5, 5.41) is 18.5. The molecule has 0 heterocycles. The van der Waals surface area contributed by atoms with Crippen molar-refractivity contribution in [2.45, 2.75) is 63.9 Å². The largest absolute Gasteiger partial charge is 0.394 e. The predicted molar refractivity (Wildman–Crippen MR) is 61.3 cm³/mol. The lowest BCUT2D eigenvalue weighted by Crippen LogP contribution is -2.35. The first-order chi connectivity index (χ1) is 7.63. The third-order valence-electron chi connectivity index (χ3n) is 2.93. The minimum absolute atomic E-state index is 0.0242. The summed E-state index contributed by atoms with van der Waals surface area (Å²) in [7, 11) is 0. The maximum Gasteiger partial charge on any atom is 0.0835 e. The van der Waals surface area contributed by atoms with Gasteiger partial charge in [-0.05, 0) is 26.7 Å². The molecule has 1 rings (SSSR count). The minimum Gasteiger partial charge on any atom is -0.394 e. The molecule has 4 heteroatoms. The van der Waals surface area contributed by atoms with Gasteiger partial charge in [-0.25, -0.2) is 0 Å². The van der Waals surface area contributed by atoms with Crippen molar-refractivity contribution in [3.63, 3.8) is 0 Å². The molecular formula is C12H24O4. The van der Waals surface area contributed by atoms with E-state index in [1.165, 1.54) is 0 Å². The third kappa shape index (κ3) is 4.78. The van der Waals surface area contributed by atoms with Gasteiger partial charge in [0, 0.05) is 0 Å². The van der Waals surface area contributed by atoms with Gasteiger partial charge in [-0.15, -0.1) is 0 Å². The molecule has 0 aliphatic heterocycles. The smallest absolute Gasteiger partial charge is 0.0835 e. The standard InChI is InChI=1S/C12H24O4/c1-9(7-13)16-10(2)8-15-12-6-4-3-5-11(12)14/h9-14H,3-8H2,1-2H3. The van der Waals surface area contributed by atoms with Gasteiger partial charge < -0.3 is 19.7 Å². The van der Waals surface area contributed by atoms with E-state index in [1.807, 2.05) is 13.8 Å². The Morgan fingerprint density at radius 3 is 2.50 bits per heavy atom. The SMILES string of the molecule is CC(CO)OC(C)COC1CCCCC1O. The van der Waals surface area contributed by atoms with E-state index in [0.717, 1.165) is 25.7 Å². The second-order valence-electron chi connectivity index (χ2n) is 4.66. The molecule has 1 aliphatic carbocycles. The molecule has 4 nitrogen and oxygen atoms in total. The first kappa shape index (κ1) is 13.9. The van der Waals surface area contributed by atoms with E-state index in [4.69, 9.17) is 14.6 Å². The predicted octanol–water partition coefficient (Wildman–Crippen LogP) is 1.09. The number of hydrogen-bond donors (Lipinski definition) is 2. The summed E-state index contributed by atoms with van der Waals surface area (Å²) < 4.78 is 11.1. The van der Waals surface area contributed by atoms with Crippen molar-refractivity contribution < 1.29 is 19.7 Å². The van der Waals surface area contributed by atoms with Gasteiger partial charge in [0.2, 0.25) is 0 Å². The molecule has 16 heavy (non-hydrogen) atoms. The molecule has 4 unspecified atom stereocenters. The molecule has 0 saturated heterocycles. The van der Waals surface area contributed by atoms with Crippen LogP contribution in [0.4, 0.5) is 0 Å². The van der Waals surface area contributed by atoms with Crippen LogP contribution in [0.1, 0.15) is 39.5 Å². The van der Waals surface area contributed by atoms with E-state index in [9.17, 15) is 5.11 Å². The van der Waals surface area contributed by atoms with Gasteiger partial charge in [0.15, 0.2) is 0 Å². The Balaban J connectivity index is 2.17. The van der Waals surface area contributed by atoms with Crippen LogP contribution in [-0.2, 0) is 9.47 Å². The molecule has 0 aromatic rings. The summed E-state index contributed by atoms with van der Waals surface area (Å²) >= 11 is 0. The van der Waals surface area contributed by atoms with Crippen molar-refractivity contribution >= 4 is 0 Å². The van der Waals surface area contributed by atoms with Gasteiger partial charge in [0.1, 0.15) is 0 Å². The third-order valence-corrected chi connectivity index (χ3v) is 2.93. The fourth-order valence-electron chi connectivity index (χ4n) is 2.01. The lowest BCUT2D eigenvalue weighted by Gasteiger charge is -2.29. The van der Waals surface area contributed by atoms with Crippen LogP contribution < -0.4 is 0 Å². The maximum atomic E-state index is 9.70. The molecule has 4 atom stereocenters. The van der Waals surface area contributed by atoms with Crippen molar-refractivity contribution in [2.75, 3.05) is 13.2 Å². The monoisotopic (exact) mass is 232 g/mol. The molecule has 1 aliphatic rings. The summed E-state index contributed by atoms with van der Waals surface area (Å²) in [5.74, 6) is 0. The highest BCUT2D eigenvalue weighted by Gasteiger charge is 2.24. The Hall–Kier alpha value is -0.160. The molecule has 1 saturated carbocycles. The highest BCUT2D eigenvalue weighted by molar-refractivity contribution is 4.75. The number of aliphatic hydroxyl groups excluding tert-OH is 2. The van der Waals surface area contributed by atoms with E-state index < -0.39 is 0 Å². The molecule has 2 N–H and O–H groups in total. The minimum atomic E-state index is -0.323. The van der Waals surface area contributed by atoms with Crippen LogP contribution in [0.15, 0.2) is 0 Å². The van der Waals surface area contributed by atoms with Gasteiger partial charge in [-0.1, -0.05) is 12.8 Å².